The Morgan fingerprint density at radius 3 is 2.71 bits per heavy atom. The molecule has 1 atom stereocenters. The van der Waals surface area contributed by atoms with E-state index in [1.54, 1.807) is 17.5 Å². The molecular weight excluding hydrogens is 278 g/mol. The molecule has 0 amide bonds. The highest BCUT2D eigenvalue weighted by Gasteiger charge is 2.16. The molecule has 2 N–H and O–H groups in total. The normalized spacial score (nSPS) is 12.5. The topological polar surface area (TPSA) is 40.7 Å². The molecule has 0 fully saturated rings. The maximum Gasteiger partial charge on any atom is 0.0650 e. The predicted octanol–water partition coefficient (Wildman–Crippen LogP) is 4.95. The fourth-order valence-electron chi connectivity index (χ4n) is 2.41. The standard InChI is InChI=1S/C17H19N3S/c1-12(2)17(16-7-4-10-21-16)19-14-6-3-5-13(11-14)15-8-9-18-20-15/h3-12,17,19H,1-2H3,(H,18,20). The van der Waals surface area contributed by atoms with Gasteiger partial charge in [-0.15, -0.1) is 11.3 Å². The Morgan fingerprint density at radius 2 is 2.05 bits per heavy atom. The summed E-state index contributed by atoms with van der Waals surface area (Å²) in [7, 11) is 0. The van der Waals surface area contributed by atoms with Gasteiger partial charge in [0.25, 0.3) is 0 Å². The van der Waals surface area contributed by atoms with E-state index in [9.17, 15) is 0 Å². The maximum absolute atomic E-state index is 4.01. The van der Waals surface area contributed by atoms with Crippen LogP contribution in [0.2, 0.25) is 0 Å². The van der Waals surface area contributed by atoms with Crippen molar-refractivity contribution in [3.05, 3.63) is 58.9 Å². The Balaban J connectivity index is 1.85. The van der Waals surface area contributed by atoms with Gasteiger partial charge >= 0.3 is 0 Å². The van der Waals surface area contributed by atoms with Gasteiger partial charge in [0.15, 0.2) is 0 Å². The molecule has 2 heterocycles. The van der Waals surface area contributed by atoms with E-state index in [-0.39, 0.29) is 0 Å². The van der Waals surface area contributed by atoms with Gasteiger partial charge in [-0.3, -0.25) is 5.10 Å². The second-order valence-corrected chi connectivity index (χ2v) is 6.41. The molecule has 0 radical (unpaired) electrons. The van der Waals surface area contributed by atoms with E-state index in [0.717, 1.165) is 16.9 Å². The summed E-state index contributed by atoms with van der Waals surface area (Å²) in [5.41, 5.74) is 3.32. The minimum atomic E-state index is 0.335. The van der Waals surface area contributed by atoms with Gasteiger partial charge in [-0.25, -0.2) is 0 Å². The maximum atomic E-state index is 4.01. The number of thiophene rings is 1. The smallest absolute Gasteiger partial charge is 0.0650 e. The highest BCUT2D eigenvalue weighted by atomic mass is 32.1. The van der Waals surface area contributed by atoms with Crippen LogP contribution in [0.25, 0.3) is 11.3 Å². The van der Waals surface area contributed by atoms with Gasteiger partial charge in [-0.2, -0.15) is 5.10 Å². The molecule has 3 aromatic rings. The molecule has 4 heteroatoms. The summed E-state index contributed by atoms with van der Waals surface area (Å²) in [6, 6.07) is 15.1. The molecule has 0 saturated heterocycles. The van der Waals surface area contributed by atoms with Gasteiger partial charge in [-0.05, 0) is 35.6 Å². The monoisotopic (exact) mass is 297 g/mol. The van der Waals surface area contributed by atoms with E-state index < -0.39 is 0 Å². The molecule has 0 saturated carbocycles. The predicted molar refractivity (Wildman–Crippen MR) is 89.5 cm³/mol. The van der Waals surface area contributed by atoms with Gasteiger partial charge in [0.2, 0.25) is 0 Å². The molecule has 0 spiro atoms. The lowest BCUT2D eigenvalue weighted by atomic mass is 10.0. The number of hydrogen-bond donors (Lipinski definition) is 2. The molecule has 21 heavy (non-hydrogen) atoms. The first-order valence-corrected chi connectivity index (χ1v) is 8.02. The molecular formula is C17H19N3S. The Hall–Kier alpha value is -2.07. The Labute approximate surface area is 129 Å². The average Bonchev–Trinajstić information content (AvgIpc) is 3.18. The first-order chi connectivity index (χ1) is 10.2. The van der Waals surface area contributed by atoms with Crippen molar-refractivity contribution in [2.75, 3.05) is 5.32 Å². The second-order valence-electron chi connectivity index (χ2n) is 5.43. The van der Waals surface area contributed by atoms with Crippen LogP contribution in [-0.2, 0) is 0 Å². The number of H-pyrrole nitrogens is 1. The van der Waals surface area contributed by atoms with Crippen molar-refractivity contribution in [3.63, 3.8) is 0 Å². The SMILES string of the molecule is CC(C)C(Nc1cccc(-c2ccn[nH]2)c1)c1cccs1. The van der Waals surface area contributed by atoms with Crippen molar-refractivity contribution in [2.45, 2.75) is 19.9 Å². The summed E-state index contributed by atoms with van der Waals surface area (Å²) in [5, 5.41) is 12.8. The Morgan fingerprint density at radius 1 is 1.14 bits per heavy atom. The zero-order valence-electron chi connectivity index (χ0n) is 12.2. The number of rotatable bonds is 5. The van der Waals surface area contributed by atoms with Crippen LogP contribution in [0.5, 0.6) is 0 Å². The van der Waals surface area contributed by atoms with E-state index in [0.29, 0.717) is 12.0 Å². The fourth-order valence-corrected chi connectivity index (χ4v) is 3.36. The van der Waals surface area contributed by atoms with Crippen molar-refractivity contribution in [3.8, 4) is 11.3 Å². The van der Waals surface area contributed by atoms with E-state index in [1.807, 2.05) is 6.07 Å². The van der Waals surface area contributed by atoms with Crippen molar-refractivity contribution in [1.82, 2.24) is 10.2 Å². The van der Waals surface area contributed by atoms with E-state index in [4.69, 9.17) is 0 Å². The Bertz CT molecular complexity index is 672. The Kier molecular flexibility index (Phi) is 4.06. The number of anilines is 1. The highest BCUT2D eigenvalue weighted by molar-refractivity contribution is 7.10. The average molecular weight is 297 g/mol. The zero-order valence-corrected chi connectivity index (χ0v) is 13.0. The lowest BCUT2D eigenvalue weighted by Crippen LogP contribution is -2.15. The van der Waals surface area contributed by atoms with Crippen LogP contribution in [0, 0.1) is 5.92 Å². The number of nitrogens with zero attached hydrogens (tertiary/aromatic N) is 1. The summed E-state index contributed by atoms with van der Waals surface area (Å²) < 4.78 is 0. The molecule has 2 aromatic heterocycles. The van der Waals surface area contributed by atoms with Crippen LogP contribution in [0.3, 0.4) is 0 Å². The molecule has 1 aromatic carbocycles. The van der Waals surface area contributed by atoms with Gasteiger partial charge in [0.05, 0.1) is 11.7 Å². The number of nitrogens with one attached hydrogen (secondary N) is 2. The third-order valence-electron chi connectivity index (χ3n) is 3.51. The van der Waals surface area contributed by atoms with E-state index in [2.05, 4.69) is 71.1 Å². The van der Waals surface area contributed by atoms with Gasteiger partial charge in [-0.1, -0.05) is 32.0 Å². The first kappa shape index (κ1) is 13.9. The van der Waals surface area contributed by atoms with Crippen LogP contribution >= 0.6 is 11.3 Å². The lowest BCUT2D eigenvalue weighted by molar-refractivity contribution is 0.554. The van der Waals surface area contributed by atoms with Crippen molar-refractivity contribution in [1.29, 1.82) is 0 Å². The highest BCUT2D eigenvalue weighted by Crippen LogP contribution is 2.30. The van der Waals surface area contributed by atoms with E-state index in [1.165, 1.54) is 4.88 Å². The van der Waals surface area contributed by atoms with Gasteiger partial charge in [0.1, 0.15) is 0 Å². The van der Waals surface area contributed by atoms with Crippen LogP contribution < -0.4 is 5.32 Å². The molecule has 3 rings (SSSR count). The van der Waals surface area contributed by atoms with E-state index >= 15 is 0 Å². The summed E-state index contributed by atoms with van der Waals surface area (Å²) in [6.45, 7) is 4.49. The number of hydrogen-bond acceptors (Lipinski definition) is 3. The molecule has 0 aliphatic carbocycles. The summed E-state index contributed by atoms with van der Waals surface area (Å²) >= 11 is 1.80. The molecule has 0 bridgehead atoms. The molecule has 108 valence electrons. The molecule has 0 aliphatic heterocycles. The largest absolute Gasteiger partial charge is 0.377 e. The zero-order chi connectivity index (χ0) is 14.7. The minimum Gasteiger partial charge on any atom is -0.377 e. The third-order valence-corrected chi connectivity index (χ3v) is 4.47. The first-order valence-electron chi connectivity index (χ1n) is 7.14. The molecule has 0 aliphatic rings. The van der Waals surface area contributed by atoms with Crippen LogP contribution in [-0.4, -0.2) is 10.2 Å². The molecule has 1 unspecified atom stereocenters. The van der Waals surface area contributed by atoms with Gasteiger partial charge in [0, 0.05) is 22.3 Å². The lowest BCUT2D eigenvalue weighted by Gasteiger charge is -2.22. The summed E-state index contributed by atoms with van der Waals surface area (Å²) in [4.78, 5) is 1.37. The van der Waals surface area contributed by atoms with Crippen LogP contribution in [0.15, 0.2) is 54.0 Å². The third kappa shape index (κ3) is 3.16. The van der Waals surface area contributed by atoms with Crippen molar-refractivity contribution in [2.24, 2.45) is 5.92 Å². The number of aromatic amines is 1. The van der Waals surface area contributed by atoms with Crippen LogP contribution in [0.1, 0.15) is 24.8 Å². The van der Waals surface area contributed by atoms with Crippen molar-refractivity contribution < 1.29 is 0 Å². The summed E-state index contributed by atoms with van der Waals surface area (Å²) in [6.07, 6.45) is 1.78. The summed E-state index contributed by atoms with van der Waals surface area (Å²) in [5.74, 6) is 0.527. The second kappa shape index (κ2) is 6.14. The van der Waals surface area contributed by atoms with Crippen molar-refractivity contribution >= 4 is 17.0 Å². The minimum absolute atomic E-state index is 0.335. The number of benzene rings is 1. The number of aromatic nitrogens is 2. The van der Waals surface area contributed by atoms with Gasteiger partial charge < -0.3 is 5.32 Å². The molecule has 3 nitrogen and oxygen atoms in total. The quantitative estimate of drug-likeness (QED) is 0.699. The fraction of sp³-hybridized carbons (Fsp3) is 0.235. The van der Waals surface area contributed by atoms with Crippen LogP contribution in [0.4, 0.5) is 5.69 Å².